The molecule has 0 spiro atoms. The second-order valence-corrected chi connectivity index (χ2v) is 12.8. The van der Waals surface area contributed by atoms with E-state index in [4.69, 9.17) is 14.2 Å². The Morgan fingerprint density at radius 1 is 1.00 bits per heavy atom. The van der Waals surface area contributed by atoms with Gasteiger partial charge in [-0.3, -0.25) is 14.7 Å². The fraction of sp³-hybridized carbons (Fsp3) is 0.361. The molecule has 1 aliphatic carbocycles. The van der Waals surface area contributed by atoms with Crippen LogP contribution in [0.15, 0.2) is 72.9 Å². The number of pyridine rings is 1. The molecule has 1 atom stereocenters. The van der Waals surface area contributed by atoms with Gasteiger partial charge in [0.2, 0.25) is 0 Å². The first-order chi connectivity index (χ1) is 21.0. The average molecular weight is 594 g/mol. The molecule has 0 radical (unpaired) electrons. The van der Waals surface area contributed by atoms with Gasteiger partial charge in [-0.25, -0.2) is 4.79 Å². The zero-order chi connectivity index (χ0) is 31.1. The maximum Gasteiger partial charge on any atom is 0.410 e. The number of amides is 2. The number of hydrogen-bond donors (Lipinski definition) is 1. The van der Waals surface area contributed by atoms with Crippen LogP contribution in [0.1, 0.15) is 66.2 Å². The van der Waals surface area contributed by atoms with Crippen LogP contribution in [0.3, 0.4) is 0 Å². The minimum absolute atomic E-state index is 0.160. The molecular formula is C36H39N3O5. The van der Waals surface area contributed by atoms with Gasteiger partial charge in [0.15, 0.2) is 0 Å². The van der Waals surface area contributed by atoms with Crippen molar-refractivity contribution in [2.45, 2.75) is 70.7 Å². The Balaban J connectivity index is 1.21. The molecule has 8 heteroatoms. The van der Waals surface area contributed by atoms with Gasteiger partial charge < -0.3 is 19.5 Å². The predicted molar refractivity (Wildman–Crippen MR) is 169 cm³/mol. The van der Waals surface area contributed by atoms with E-state index in [1.165, 1.54) is 5.56 Å². The van der Waals surface area contributed by atoms with Crippen LogP contribution in [-0.4, -0.2) is 47.2 Å². The van der Waals surface area contributed by atoms with Crippen LogP contribution >= 0.6 is 0 Å². The molecule has 4 aromatic rings. The molecule has 8 nitrogen and oxygen atoms in total. The van der Waals surface area contributed by atoms with Crippen molar-refractivity contribution in [3.8, 4) is 11.5 Å². The third kappa shape index (κ3) is 6.07. The first-order valence-corrected chi connectivity index (χ1v) is 15.1. The minimum atomic E-state index is -0.606. The average Bonchev–Trinajstić information content (AvgIpc) is 3.78. The first kappa shape index (κ1) is 29.5. The molecule has 0 saturated heterocycles. The lowest BCUT2D eigenvalue weighted by atomic mass is 9.94. The summed E-state index contributed by atoms with van der Waals surface area (Å²) in [5, 5.41) is 4.33. The summed E-state index contributed by atoms with van der Waals surface area (Å²) in [7, 11) is 1.64. The molecule has 0 bridgehead atoms. The van der Waals surface area contributed by atoms with Crippen molar-refractivity contribution < 1.29 is 23.8 Å². The van der Waals surface area contributed by atoms with E-state index >= 15 is 0 Å². The zero-order valence-electron chi connectivity index (χ0n) is 26.0. The highest BCUT2D eigenvalue weighted by molar-refractivity contribution is 5.97. The van der Waals surface area contributed by atoms with Crippen molar-refractivity contribution in [3.63, 3.8) is 0 Å². The van der Waals surface area contributed by atoms with Crippen molar-refractivity contribution in [1.82, 2.24) is 15.2 Å². The Kier molecular flexibility index (Phi) is 7.70. The fourth-order valence-corrected chi connectivity index (χ4v) is 5.94. The molecule has 1 N–H and O–H groups in total. The number of carbonyl (C=O) groups is 2. The molecule has 44 heavy (non-hydrogen) atoms. The Morgan fingerprint density at radius 2 is 1.77 bits per heavy atom. The quantitative estimate of drug-likeness (QED) is 0.256. The van der Waals surface area contributed by atoms with Gasteiger partial charge in [-0.05, 0) is 93.5 Å². The first-order valence-electron chi connectivity index (χ1n) is 15.1. The van der Waals surface area contributed by atoms with Crippen LogP contribution in [0, 0.1) is 6.92 Å². The fourth-order valence-electron chi connectivity index (χ4n) is 5.94. The summed E-state index contributed by atoms with van der Waals surface area (Å²) in [5.41, 5.74) is 4.46. The number of ether oxygens (including phenoxy) is 3. The van der Waals surface area contributed by atoms with E-state index in [9.17, 15) is 9.59 Å². The van der Waals surface area contributed by atoms with Crippen molar-refractivity contribution in [2.75, 3.05) is 13.7 Å². The molecular weight excluding hydrogens is 554 g/mol. The standard InChI is InChI=1S/C36H39N3O5/c1-23-12-13-27(43-22-26-17-24-9-6-7-10-25(24)21-39(26)34(41)44-35(2,3)4)18-30(23)33(40)38-36(14-15-36)31-19-28(42-5)20-32-29(31)11-8-16-37-32/h6-13,16,18-20,26H,14-15,17,21-22H2,1-5H3,(H,38,40). The van der Waals surface area contributed by atoms with E-state index in [1.807, 2.05) is 82.3 Å². The lowest BCUT2D eigenvalue weighted by Crippen LogP contribution is -2.49. The number of rotatable bonds is 7. The van der Waals surface area contributed by atoms with Crippen molar-refractivity contribution in [1.29, 1.82) is 0 Å². The third-order valence-electron chi connectivity index (χ3n) is 8.43. The molecule has 1 aliphatic heterocycles. The van der Waals surface area contributed by atoms with Crippen LogP contribution in [0.5, 0.6) is 11.5 Å². The summed E-state index contributed by atoms with van der Waals surface area (Å²) in [5.74, 6) is 1.13. The smallest absolute Gasteiger partial charge is 0.410 e. The molecule has 3 aromatic carbocycles. The molecule has 6 rings (SSSR count). The van der Waals surface area contributed by atoms with Crippen molar-refractivity contribution in [3.05, 3.63) is 101 Å². The van der Waals surface area contributed by atoms with Crippen LogP contribution < -0.4 is 14.8 Å². The Bertz CT molecular complexity index is 1720. The van der Waals surface area contributed by atoms with Gasteiger partial charge in [0.05, 0.1) is 24.2 Å². The number of methoxy groups -OCH3 is 1. The second-order valence-electron chi connectivity index (χ2n) is 12.8. The maximum absolute atomic E-state index is 13.8. The topological polar surface area (TPSA) is 90.0 Å². The predicted octanol–water partition coefficient (Wildman–Crippen LogP) is 6.71. The maximum atomic E-state index is 13.8. The van der Waals surface area contributed by atoms with Crippen LogP contribution in [0.2, 0.25) is 0 Å². The highest BCUT2D eigenvalue weighted by atomic mass is 16.6. The SMILES string of the molecule is COc1cc(C2(NC(=O)c3cc(OCC4Cc5ccccc5CN4C(=O)OC(C)(C)C)ccc3C)CC2)c2cccnc2c1. The number of aromatic nitrogens is 1. The van der Waals surface area contributed by atoms with Gasteiger partial charge in [0.1, 0.15) is 23.7 Å². The highest BCUT2D eigenvalue weighted by Gasteiger charge is 2.47. The number of nitrogens with zero attached hydrogens (tertiary/aromatic N) is 2. The number of hydrogen-bond acceptors (Lipinski definition) is 6. The van der Waals surface area contributed by atoms with E-state index in [0.29, 0.717) is 30.0 Å². The van der Waals surface area contributed by atoms with E-state index in [1.54, 1.807) is 24.3 Å². The molecule has 2 amide bonds. The van der Waals surface area contributed by atoms with Crippen molar-refractivity contribution >= 4 is 22.9 Å². The lowest BCUT2D eigenvalue weighted by Gasteiger charge is -2.37. The number of nitrogens with one attached hydrogen (secondary N) is 1. The Morgan fingerprint density at radius 3 is 2.50 bits per heavy atom. The van der Waals surface area contributed by atoms with Crippen LogP contribution in [0.25, 0.3) is 10.9 Å². The van der Waals surface area contributed by atoms with Gasteiger partial charge in [-0.1, -0.05) is 36.4 Å². The molecule has 228 valence electrons. The van der Waals surface area contributed by atoms with Gasteiger partial charge in [0.25, 0.3) is 5.91 Å². The summed E-state index contributed by atoms with van der Waals surface area (Å²) in [6, 6.07) is 21.4. The van der Waals surface area contributed by atoms with Crippen molar-refractivity contribution in [2.24, 2.45) is 0 Å². The van der Waals surface area contributed by atoms with E-state index < -0.39 is 11.1 Å². The Labute approximate surface area is 258 Å². The third-order valence-corrected chi connectivity index (χ3v) is 8.43. The normalized spacial score (nSPS) is 17.0. The van der Waals surface area contributed by atoms with E-state index in [2.05, 4.69) is 16.4 Å². The molecule has 1 unspecified atom stereocenters. The van der Waals surface area contributed by atoms with Gasteiger partial charge in [-0.15, -0.1) is 0 Å². The number of benzene rings is 3. The molecule has 1 fully saturated rings. The number of carbonyl (C=O) groups excluding carboxylic acids is 2. The van der Waals surface area contributed by atoms with Gasteiger partial charge in [-0.2, -0.15) is 0 Å². The minimum Gasteiger partial charge on any atom is -0.497 e. The highest BCUT2D eigenvalue weighted by Crippen LogP contribution is 2.49. The Hall–Kier alpha value is -4.59. The van der Waals surface area contributed by atoms with Crippen LogP contribution in [0.4, 0.5) is 4.79 Å². The lowest BCUT2D eigenvalue weighted by molar-refractivity contribution is 0.00623. The largest absolute Gasteiger partial charge is 0.497 e. The van der Waals surface area contributed by atoms with Crippen LogP contribution in [-0.2, 0) is 23.2 Å². The summed E-state index contributed by atoms with van der Waals surface area (Å²) >= 11 is 0. The second kappa shape index (κ2) is 11.5. The van der Waals surface area contributed by atoms with E-state index in [-0.39, 0.29) is 24.6 Å². The summed E-state index contributed by atoms with van der Waals surface area (Å²) < 4.78 is 17.6. The summed E-state index contributed by atoms with van der Waals surface area (Å²) in [6.45, 7) is 8.25. The molecule has 2 heterocycles. The molecule has 1 aromatic heterocycles. The summed E-state index contributed by atoms with van der Waals surface area (Å²) in [4.78, 5) is 33.2. The zero-order valence-corrected chi connectivity index (χ0v) is 26.0. The molecule has 1 saturated carbocycles. The van der Waals surface area contributed by atoms with E-state index in [0.717, 1.165) is 40.4 Å². The summed E-state index contributed by atoms with van der Waals surface area (Å²) in [6.07, 6.45) is 3.71. The molecule has 2 aliphatic rings. The van der Waals surface area contributed by atoms with Gasteiger partial charge in [0, 0.05) is 29.8 Å². The van der Waals surface area contributed by atoms with Gasteiger partial charge >= 0.3 is 6.09 Å². The monoisotopic (exact) mass is 593 g/mol. The number of aryl methyl sites for hydroxylation is 1. The number of fused-ring (bicyclic) bond motifs is 2.